The first-order valence-electron chi connectivity index (χ1n) is 6.84. The van der Waals surface area contributed by atoms with Gasteiger partial charge in [-0.3, -0.25) is 0 Å². The Morgan fingerprint density at radius 1 is 1.26 bits per heavy atom. The summed E-state index contributed by atoms with van der Waals surface area (Å²) in [7, 11) is 0. The quantitative estimate of drug-likeness (QED) is 0.415. The fraction of sp³-hybridized carbons (Fsp3) is 0.533. The van der Waals surface area contributed by atoms with Gasteiger partial charge in [-0.15, -0.1) is 0 Å². The summed E-state index contributed by atoms with van der Waals surface area (Å²) >= 11 is 1.52. The van der Waals surface area contributed by atoms with E-state index in [1.807, 2.05) is 13.8 Å². The fourth-order valence-electron chi connectivity index (χ4n) is 1.65. The van der Waals surface area contributed by atoms with Gasteiger partial charge in [-0.05, 0) is 61.4 Å². The molecule has 4 heteroatoms. The van der Waals surface area contributed by atoms with E-state index in [-0.39, 0.29) is 6.04 Å². The topological polar surface area (TPSA) is 55.1 Å². The van der Waals surface area contributed by atoms with Crippen LogP contribution in [0.1, 0.15) is 32.3 Å². The smallest absolute Gasteiger partial charge is 0.138 e. The van der Waals surface area contributed by atoms with E-state index in [1.54, 1.807) is 0 Å². The van der Waals surface area contributed by atoms with E-state index in [1.165, 1.54) is 17.5 Å². The molecule has 1 aromatic carbocycles. The predicted molar refractivity (Wildman–Crippen MR) is 82.1 cm³/mol. The largest absolute Gasteiger partial charge is 0.330 e. The van der Waals surface area contributed by atoms with Crippen LogP contribution in [0, 0.1) is 5.92 Å². The van der Waals surface area contributed by atoms with Gasteiger partial charge in [0.2, 0.25) is 0 Å². The first kappa shape index (κ1) is 16.2. The number of rotatable bonds is 9. The van der Waals surface area contributed by atoms with E-state index >= 15 is 0 Å². The second-order valence-corrected chi connectivity index (χ2v) is 5.93. The molecule has 0 radical (unpaired) electrons. The van der Waals surface area contributed by atoms with Gasteiger partial charge in [-0.1, -0.05) is 26.0 Å². The molecule has 1 aromatic rings. The third-order valence-corrected chi connectivity index (χ3v) is 3.92. The molecule has 0 bridgehead atoms. The average molecular weight is 280 g/mol. The number of benzene rings is 1. The maximum atomic E-state index is 10.9. The summed E-state index contributed by atoms with van der Waals surface area (Å²) < 4.78 is 3.19. The van der Waals surface area contributed by atoms with Crippen LogP contribution in [0.5, 0.6) is 0 Å². The van der Waals surface area contributed by atoms with Crippen LogP contribution < -0.4 is 10.5 Å². The van der Waals surface area contributed by atoms with E-state index in [2.05, 4.69) is 29.0 Å². The molecule has 0 aliphatic heterocycles. The van der Waals surface area contributed by atoms with Crippen molar-refractivity contribution < 1.29 is 4.79 Å². The summed E-state index contributed by atoms with van der Waals surface area (Å²) in [6.45, 7) is 4.83. The monoisotopic (exact) mass is 280 g/mol. The molecule has 1 unspecified atom stereocenters. The van der Waals surface area contributed by atoms with Crippen molar-refractivity contribution >= 4 is 18.2 Å². The van der Waals surface area contributed by atoms with Gasteiger partial charge in [-0.2, -0.15) is 0 Å². The Labute approximate surface area is 120 Å². The fourth-order valence-corrected chi connectivity index (χ4v) is 2.53. The van der Waals surface area contributed by atoms with Crippen molar-refractivity contribution in [3.63, 3.8) is 0 Å². The number of unbranched alkanes of at least 4 members (excludes halogenated alkanes) is 1. The van der Waals surface area contributed by atoms with Gasteiger partial charge >= 0.3 is 0 Å². The number of carbonyl (C=O) groups excluding carboxylic acids is 1. The van der Waals surface area contributed by atoms with E-state index < -0.39 is 0 Å². The Balaban J connectivity index is 2.41. The SMILES string of the molecule is CC(C)C(C=O)NSc1ccc(CCCCN)cc1. The second-order valence-electron chi connectivity index (χ2n) is 5.02. The zero-order valence-corrected chi connectivity index (χ0v) is 12.6. The van der Waals surface area contributed by atoms with Gasteiger partial charge in [0.15, 0.2) is 0 Å². The third kappa shape index (κ3) is 6.23. The molecule has 0 spiro atoms. The normalized spacial score (nSPS) is 12.6. The molecule has 0 amide bonds. The van der Waals surface area contributed by atoms with Crippen molar-refractivity contribution in [2.75, 3.05) is 6.54 Å². The number of carbonyl (C=O) groups is 1. The van der Waals surface area contributed by atoms with Gasteiger partial charge in [0.1, 0.15) is 6.29 Å². The van der Waals surface area contributed by atoms with Crippen LogP contribution >= 0.6 is 11.9 Å². The Morgan fingerprint density at radius 2 is 1.95 bits per heavy atom. The Morgan fingerprint density at radius 3 is 2.47 bits per heavy atom. The molecule has 0 saturated heterocycles. The molecular formula is C15H24N2OS. The minimum Gasteiger partial charge on any atom is -0.330 e. The summed E-state index contributed by atoms with van der Waals surface area (Å²) in [6, 6.07) is 8.38. The van der Waals surface area contributed by atoms with E-state index in [9.17, 15) is 4.79 Å². The molecule has 0 aromatic heterocycles. The van der Waals surface area contributed by atoms with Crippen LogP contribution in [0.25, 0.3) is 0 Å². The summed E-state index contributed by atoms with van der Waals surface area (Å²) in [6.07, 6.45) is 4.27. The lowest BCUT2D eigenvalue weighted by Crippen LogP contribution is -2.30. The van der Waals surface area contributed by atoms with Crippen LogP contribution in [0.4, 0.5) is 0 Å². The van der Waals surface area contributed by atoms with E-state index in [0.717, 1.165) is 37.0 Å². The summed E-state index contributed by atoms with van der Waals surface area (Å²) in [5, 5.41) is 0. The Hall–Kier alpha value is -0.840. The average Bonchev–Trinajstić information content (AvgIpc) is 2.41. The first-order valence-corrected chi connectivity index (χ1v) is 7.65. The number of aldehydes is 1. The number of hydrogen-bond acceptors (Lipinski definition) is 4. The molecule has 0 heterocycles. The van der Waals surface area contributed by atoms with Crippen molar-refractivity contribution in [1.82, 2.24) is 4.72 Å². The van der Waals surface area contributed by atoms with Gasteiger partial charge in [-0.25, -0.2) is 4.72 Å². The van der Waals surface area contributed by atoms with Crippen LogP contribution in [0.15, 0.2) is 29.2 Å². The van der Waals surface area contributed by atoms with Gasteiger partial charge in [0, 0.05) is 4.90 Å². The molecule has 3 nitrogen and oxygen atoms in total. The number of hydrogen-bond donors (Lipinski definition) is 2. The minimum atomic E-state index is -0.103. The molecule has 0 aliphatic rings. The van der Waals surface area contributed by atoms with Crippen molar-refractivity contribution in [2.45, 2.75) is 44.0 Å². The van der Waals surface area contributed by atoms with Crippen molar-refractivity contribution in [2.24, 2.45) is 11.7 Å². The zero-order chi connectivity index (χ0) is 14.1. The van der Waals surface area contributed by atoms with Crippen LogP contribution in [-0.2, 0) is 11.2 Å². The van der Waals surface area contributed by atoms with Gasteiger partial charge in [0.25, 0.3) is 0 Å². The van der Waals surface area contributed by atoms with Crippen molar-refractivity contribution in [1.29, 1.82) is 0 Å². The van der Waals surface area contributed by atoms with Crippen LogP contribution in [-0.4, -0.2) is 18.9 Å². The zero-order valence-electron chi connectivity index (χ0n) is 11.8. The Kier molecular flexibility index (Phi) is 7.79. The number of aryl methyl sites for hydroxylation is 1. The maximum Gasteiger partial charge on any atom is 0.138 e. The van der Waals surface area contributed by atoms with Crippen molar-refractivity contribution in [3.8, 4) is 0 Å². The second kappa shape index (κ2) is 9.13. The highest BCUT2D eigenvalue weighted by Gasteiger charge is 2.11. The lowest BCUT2D eigenvalue weighted by molar-refractivity contribution is -0.109. The van der Waals surface area contributed by atoms with E-state index in [4.69, 9.17) is 5.73 Å². The lowest BCUT2D eigenvalue weighted by Gasteiger charge is -2.15. The van der Waals surface area contributed by atoms with E-state index in [0.29, 0.717) is 5.92 Å². The first-order chi connectivity index (χ1) is 9.17. The molecule has 19 heavy (non-hydrogen) atoms. The molecule has 0 saturated carbocycles. The highest BCUT2D eigenvalue weighted by Crippen LogP contribution is 2.18. The van der Waals surface area contributed by atoms with Gasteiger partial charge < -0.3 is 10.5 Å². The van der Waals surface area contributed by atoms with Gasteiger partial charge in [0.05, 0.1) is 6.04 Å². The molecule has 0 fully saturated rings. The van der Waals surface area contributed by atoms with Crippen molar-refractivity contribution in [3.05, 3.63) is 29.8 Å². The molecule has 106 valence electrons. The van der Waals surface area contributed by atoms with Crippen LogP contribution in [0.2, 0.25) is 0 Å². The molecule has 0 aliphatic carbocycles. The maximum absolute atomic E-state index is 10.9. The molecule has 1 rings (SSSR count). The molecule has 1 atom stereocenters. The lowest BCUT2D eigenvalue weighted by atomic mass is 10.1. The summed E-state index contributed by atoms with van der Waals surface area (Å²) in [5.41, 5.74) is 6.82. The molecular weight excluding hydrogens is 256 g/mol. The van der Waals surface area contributed by atoms with Crippen LogP contribution in [0.3, 0.4) is 0 Å². The Bertz CT molecular complexity index is 365. The standard InChI is InChI=1S/C15H24N2OS/c1-12(2)15(11-18)17-19-14-8-6-13(7-9-14)5-3-4-10-16/h6-9,11-12,15,17H,3-5,10,16H2,1-2H3. The number of nitrogens with one attached hydrogen (secondary N) is 1. The highest BCUT2D eigenvalue weighted by molar-refractivity contribution is 7.97. The third-order valence-electron chi connectivity index (χ3n) is 3.02. The summed E-state index contributed by atoms with van der Waals surface area (Å²) in [5.74, 6) is 0.306. The summed E-state index contributed by atoms with van der Waals surface area (Å²) in [4.78, 5) is 12.0. The number of nitrogens with two attached hydrogens (primary N) is 1. The minimum absolute atomic E-state index is 0.103. The molecule has 3 N–H and O–H groups in total. The predicted octanol–water partition coefficient (Wildman–Crippen LogP) is 2.79. The highest BCUT2D eigenvalue weighted by atomic mass is 32.2.